The second-order valence-corrected chi connectivity index (χ2v) is 6.26. The molecule has 26 heavy (non-hydrogen) atoms. The van der Waals surface area contributed by atoms with Crippen molar-refractivity contribution in [1.29, 1.82) is 0 Å². The maximum absolute atomic E-state index is 5.83. The standard InChI is InChI=1S/C20H23N5O/c1-13(17-7-6-16(21)8-19(17)26-3)10-23-20-9-18(24-12-25-20)15-5-4-14(2)22-11-15/h4-9,11-13H,10,21H2,1-3H3,(H,23,24,25). The average molecular weight is 349 g/mol. The Morgan fingerprint density at radius 1 is 1.12 bits per heavy atom. The van der Waals surface area contributed by atoms with Crippen LogP contribution in [-0.2, 0) is 0 Å². The number of aryl methyl sites for hydroxylation is 1. The molecule has 0 spiro atoms. The Morgan fingerprint density at radius 3 is 2.69 bits per heavy atom. The zero-order chi connectivity index (χ0) is 18.5. The molecule has 0 aliphatic carbocycles. The van der Waals surface area contributed by atoms with Gasteiger partial charge in [-0.2, -0.15) is 0 Å². The van der Waals surface area contributed by atoms with Crippen LogP contribution in [-0.4, -0.2) is 28.6 Å². The van der Waals surface area contributed by atoms with E-state index in [-0.39, 0.29) is 5.92 Å². The molecule has 0 saturated carbocycles. The summed E-state index contributed by atoms with van der Waals surface area (Å²) in [5, 5.41) is 3.37. The number of nitrogen functional groups attached to an aromatic ring is 1. The van der Waals surface area contributed by atoms with Crippen LogP contribution in [0.3, 0.4) is 0 Å². The Bertz CT molecular complexity index is 880. The van der Waals surface area contributed by atoms with Crippen molar-refractivity contribution >= 4 is 11.5 Å². The highest BCUT2D eigenvalue weighted by molar-refractivity contribution is 5.61. The van der Waals surface area contributed by atoms with Crippen LogP contribution in [0.25, 0.3) is 11.3 Å². The lowest BCUT2D eigenvalue weighted by Crippen LogP contribution is -2.12. The number of hydrogen-bond acceptors (Lipinski definition) is 6. The third-order valence-electron chi connectivity index (χ3n) is 4.25. The predicted octanol–water partition coefficient (Wildman–Crippen LogP) is 3.65. The molecule has 1 unspecified atom stereocenters. The van der Waals surface area contributed by atoms with Crippen LogP contribution in [0.4, 0.5) is 11.5 Å². The number of methoxy groups -OCH3 is 1. The highest BCUT2D eigenvalue weighted by Crippen LogP contribution is 2.29. The number of ether oxygens (including phenoxy) is 1. The Balaban J connectivity index is 1.72. The molecule has 0 saturated heterocycles. The minimum Gasteiger partial charge on any atom is -0.496 e. The van der Waals surface area contributed by atoms with Crippen molar-refractivity contribution < 1.29 is 4.74 Å². The molecule has 0 amide bonds. The van der Waals surface area contributed by atoms with Gasteiger partial charge in [0, 0.05) is 47.7 Å². The van der Waals surface area contributed by atoms with Crippen molar-refractivity contribution in [2.45, 2.75) is 19.8 Å². The van der Waals surface area contributed by atoms with E-state index in [1.165, 1.54) is 0 Å². The van der Waals surface area contributed by atoms with E-state index in [1.54, 1.807) is 13.4 Å². The third-order valence-corrected chi connectivity index (χ3v) is 4.25. The molecule has 134 valence electrons. The van der Waals surface area contributed by atoms with Crippen molar-refractivity contribution in [2.24, 2.45) is 0 Å². The lowest BCUT2D eigenvalue weighted by molar-refractivity contribution is 0.407. The largest absolute Gasteiger partial charge is 0.496 e. The molecule has 0 radical (unpaired) electrons. The fourth-order valence-electron chi connectivity index (χ4n) is 2.73. The normalized spacial score (nSPS) is 11.8. The van der Waals surface area contributed by atoms with Gasteiger partial charge in [-0.1, -0.05) is 13.0 Å². The molecule has 3 N–H and O–H groups in total. The van der Waals surface area contributed by atoms with E-state index in [0.717, 1.165) is 34.1 Å². The molecular weight excluding hydrogens is 326 g/mol. The summed E-state index contributed by atoms with van der Waals surface area (Å²) in [6.45, 7) is 4.81. The van der Waals surface area contributed by atoms with Gasteiger partial charge in [-0.25, -0.2) is 9.97 Å². The monoisotopic (exact) mass is 349 g/mol. The van der Waals surface area contributed by atoms with E-state index < -0.39 is 0 Å². The number of nitrogens with one attached hydrogen (secondary N) is 1. The first kappa shape index (κ1) is 17.7. The van der Waals surface area contributed by atoms with Crippen molar-refractivity contribution in [1.82, 2.24) is 15.0 Å². The second kappa shape index (κ2) is 7.82. The molecule has 2 aromatic heterocycles. The number of anilines is 2. The van der Waals surface area contributed by atoms with Crippen molar-refractivity contribution in [3.63, 3.8) is 0 Å². The third kappa shape index (κ3) is 4.08. The Hall–Kier alpha value is -3.15. The van der Waals surface area contributed by atoms with Gasteiger partial charge < -0.3 is 15.8 Å². The first-order valence-corrected chi connectivity index (χ1v) is 8.49. The Morgan fingerprint density at radius 2 is 1.96 bits per heavy atom. The van der Waals surface area contributed by atoms with E-state index in [9.17, 15) is 0 Å². The summed E-state index contributed by atoms with van der Waals surface area (Å²) in [7, 11) is 1.66. The molecule has 1 aromatic carbocycles. The Labute approximate surface area is 153 Å². The van der Waals surface area contributed by atoms with Crippen LogP contribution >= 0.6 is 0 Å². The molecule has 0 bridgehead atoms. The molecule has 3 aromatic rings. The summed E-state index contributed by atoms with van der Waals surface area (Å²) in [5.41, 5.74) is 10.4. The number of aromatic nitrogens is 3. The zero-order valence-corrected chi connectivity index (χ0v) is 15.2. The summed E-state index contributed by atoms with van der Waals surface area (Å²) < 4.78 is 5.45. The molecule has 0 aliphatic heterocycles. The van der Waals surface area contributed by atoms with Gasteiger partial charge in [-0.3, -0.25) is 4.98 Å². The van der Waals surface area contributed by atoms with Crippen LogP contribution in [0.15, 0.2) is 48.9 Å². The molecule has 0 fully saturated rings. The highest BCUT2D eigenvalue weighted by atomic mass is 16.5. The maximum Gasteiger partial charge on any atom is 0.129 e. The van der Waals surface area contributed by atoms with E-state index in [2.05, 4.69) is 27.2 Å². The minimum atomic E-state index is 0.227. The summed E-state index contributed by atoms with van der Waals surface area (Å²) in [5.74, 6) is 1.80. The van der Waals surface area contributed by atoms with Crippen LogP contribution in [0.5, 0.6) is 5.75 Å². The van der Waals surface area contributed by atoms with Gasteiger partial charge in [-0.15, -0.1) is 0 Å². The zero-order valence-electron chi connectivity index (χ0n) is 15.2. The van der Waals surface area contributed by atoms with Gasteiger partial charge in [-0.05, 0) is 30.7 Å². The molecule has 2 heterocycles. The first-order valence-electron chi connectivity index (χ1n) is 8.49. The van der Waals surface area contributed by atoms with Gasteiger partial charge >= 0.3 is 0 Å². The molecule has 6 nitrogen and oxygen atoms in total. The molecule has 6 heteroatoms. The second-order valence-electron chi connectivity index (χ2n) is 6.26. The van der Waals surface area contributed by atoms with Crippen LogP contribution in [0, 0.1) is 6.92 Å². The molecular formula is C20H23N5O. The SMILES string of the molecule is COc1cc(N)ccc1C(C)CNc1cc(-c2ccc(C)nc2)ncn1. The van der Waals surface area contributed by atoms with E-state index in [0.29, 0.717) is 12.2 Å². The number of benzene rings is 1. The number of rotatable bonds is 6. The van der Waals surface area contributed by atoms with E-state index >= 15 is 0 Å². The van der Waals surface area contributed by atoms with Crippen molar-refractivity contribution in [2.75, 3.05) is 24.7 Å². The number of pyridine rings is 1. The number of nitrogens with zero attached hydrogens (tertiary/aromatic N) is 3. The van der Waals surface area contributed by atoms with Gasteiger partial charge in [0.25, 0.3) is 0 Å². The molecule has 3 rings (SSSR count). The van der Waals surface area contributed by atoms with E-state index in [1.807, 2.05) is 49.5 Å². The minimum absolute atomic E-state index is 0.227. The smallest absolute Gasteiger partial charge is 0.129 e. The van der Waals surface area contributed by atoms with Crippen LogP contribution < -0.4 is 15.8 Å². The van der Waals surface area contributed by atoms with Crippen molar-refractivity contribution in [3.05, 3.63) is 60.2 Å². The fourth-order valence-corrected chi connectivity index (χ4v) is 2.73. The number of nitrogens with two attached hydrogens (primary N) is 1. The summed E-state index contributed by atoms with van der Waals surface area (Å²) in [4.78, 5) is 13.0. The molecule has 1 atom stereocenters. The summed E-state index contributed by atoms with van der Waals surface area (Å²) in [6, 6.07) is 11.7. The van der Waals surface area contributed by atoms with Crippen LogP contribution in [0.1, 0.15) is 24.1 Å². The van der Waals surface area contributed by atoms with Crippen molar-refractivity contribution in [3.8, 4) is 17.0 Å². The summed E-state index contributed by atoms with van der Waals surface area (Å²) in [6.07, 6.45) is 3.38. The highest BCUT2D eigenvalue weighted by Gasteiger charge is 2.12. The average Bonchev–Trinajstić information content (AvgIpc) is 2.66. The lowest BCUT2D eigenvalue weighted by atomic mass is 9.99. The lowest BCUT2D eigenvalue weighted by Gasteiger charge is -2.17. The maximum atomic E-state index is 5.83. The quantitative estimate of drug-likeness (QED) is 0.661. The van der Waals surface area contributed by atoms with Gasteiger partial charge in [0.2, 0.25) is 0 Å². The van der Waals surface area contributed by atoms with Gasteiger partial charge in [0.15, 0.2) is 0 Å². The Kier molecular flexibility index (Phi) is 5.31. The van der Waals surface area contributed by atoms with E-state index in [4.69, 9.17) is 10.5 Å². The first-order chi connectivity index (χ1) is 12.6. The summed E-state index contributed by atoms with van der Waals surface area (Å²) >= 11 is 0. The van der Waals surface area contributed by atoms with Gasteiger partial charge in [0.1, 0.15) is 17.9 Å². The van der Waals surface area contributed by atoms with Crippen LogP contribution in [0.2, 0.25) is 0 Å². The predicted molar refractivity (Wildman–Crippen MR) is 104 cm³/mol. The topological polar surface area (TPSA) is 86.0 Å². The number of hydrogen-bond donors (Lipinski definition) is 2. The molecule has 0 aliphatic rings. The fraction of sp³-hybridized carbons (Fsp3) is 0.250. The van der Waals surface area contributed by atoms with Gasteiger partial charge in [0.05, 0.1) is 12.8 Å².